The van der Waals surface area contributed by atoms with Gasteiger partial charge in [-0.1, -0.05) is 6.08 Å². The molecule has 0 saturated heterocycles. The largest absolute Gasteiger partial charge is 0.383 e. The van der Waals surface area contributed by atoms with Gasteiger partial charge in [0.15, 0.2) is 5.79 Å². The molecule has 1 aromatic heterocycles. The Hall–Kier alpha value is -1.54. The molecule has 116 valence electrons. The Labute approximate surface area is 123 Å². The van der Waals surface area contributed by atoms with Crippen LogP contribution in [0.5, 0.6) is 0 Å². The molecule has 0 aromatic carbocycles. The fourth-order valence-electron chi connectivity index (χ4n) is 2.10. The number of nitrogen functional groups attached to an aromatic ring is 1. The molecule has 1 heterocycles. The summed E-state index contributed by atoms with van der Waals surface area (Å²) in [5.41, 5.74) is 5.85. The molecule has 0 fully saturated rings. The SMILES string of the molecule is COCCOC1(OCCOC)C=c2ncnc(N)c2=CC1. The fourth-order valence-corrected chi connectivity index (χ4v) is 2.10. The van der Waals surface area contributed by atoms with Crippen molar-refractivity contribution in [2.45, 2.75) is 12.2 Å². The van der Waals surface area contributed by atoms with Crippen LogP contribution in [0.1, 0.15) is 6.42 Å². The number of nitrogens with zero attached hydrogens (tertiary/aromatic N) is 2. The van der Waals surface area contributed by atoms with Crippen LogP contribution in [-0.4, -0.2) is 56.4 Å². The Morgan fingerprint density at radius 1 is 1.10 bits per heavy atom. The van der Waals surface area contributed by atoms with Gasteiger partial charge in [-0.2, -0.15) is 0 Å². The van der Waals surface area contributed by atoms with E-state index >= 15 is 0 Å². The lowest BCUT2D eigenvalue weighted by atomic mass is 10.1. The number of methoxy groups -OCH3 is 2. The van der Waals surface area contributed by atoms with E-state index in [9.17, 15) is 0 Å². The van der Waals surface area contributed by atoms with E-state index in [2.05, 4.69) is 9.97 Å². The molecule has 7 heteroatoms. The van der Waals surface area contributed by atoms with Crippen LogP contribution in [0.3, 0.4) is 0 Å². The highest BCUT2D eigenvalue weighted by molar-refractivity contribution is 5.48. The fraction of sp³-hybridized carbons (Fsp3) is 0.571. The van der Waals surface area contributed by atoms with Gasteiger partial charge in [0, 0.05) is 31.9 Å². The zero-order valence-corrected chi connectivity index (χ0v) is 12.4. The second kappa shape index (κ2) is 7.46. The number of anilines is 1. The van der Waals surface area contributed by atoms with Gasteiger partial charge in [-0.25, -0.2) is 9.97 Å². The number of hydrogen-bond acceptors (Lipinski definition) is 7. The van der Waals surface area contributed by atoms with Gasteiger partial charge in [-0.15, -0.1) is 0 Å². The third-order valence-corrected chi connectivity index (χ3v) is 3.16. The Morgan fingerprint density at radius 3 is 2.38 bits per heavy atom. The lowest BCUT2D eigenvalue weighted by molar-refractivity contribution is -0.198. The van der Waals surface area contributed by atoms with E-state index in [0.717, 1.165) is 5.22 Å². The Bertz CT molecular complexity index is 566. The molecule has 0 spiro atoms. The topological polar surface area (TPSA) is 88.7 Å². The van der Waals surface area contributed by atoms with E-state index in [4.69, 9.17) is 24.7 Å². The zero-order chi connectivity index (χ0) is 15.1. The Kier molecular flexibility index (Phi) is 5.63. The molecule has 0 radical (unpaired) electrons. The van der Waals surface area contributed by atoms with Crippen LogP contribution < -0.4 is 16.3 Å². The van der Waals surface area contributed by atoms with Crippen molar-refractivity contribution in [3.63, 3.8) is 0 Å². The molecule has 1 aliphatic rings. The molecule has 0 atom stereocenters. The smallest absolute Gasteiger partial charge is 0.193 e. The van der Waals surface area contributed by atoms with Gasteiger partial charge in [-0.3, -0.25) is 0 Å². The minimum Gasteiger partial charge on any atom is -0.383 e. The first kappa shape index (κ1) is 15.8. The summed E-state index contributed by atoms with van der Waals surface area (Å²) in [5, 5.41) is 1.53. The number of rotatable bonds is 8. The van der Waals surface area contributed by atoms with E-state index < -0.39 is 5.79 Å². The number of nitrogens with two attached hydrogens (primary N) is 1. The second-order valence-corrected chi connectivity index (χ2v) is 4.60. The van der Waals surface area contributed by atoms with Gasteiger partial charge in [0.2, 0.25) is 0 Å². The van der Waals surface area contributed by atoms with Crippen LogP contribution in [0.25, 0.3) is 12.2 Å². The highest BCUT2D eigenvalue weighted by Crippen LogP contribution is 2.22. The summed E-state index contributed by atoms with van der Waals surface area (Å²) in [7, 11) is 3.25. The first-order valence-corrected chi connectivity index (χ1v) is 6.76. The van der Waals surface area contributed by atoms with Crippen molar-refractivity contribution >= 4 is 18.0 Å². The summed E-state index contributed by atoms with van der Waals surface area (Å²) in [4.78, 5) is 8.22. The monoisotopic (exact) mass is 295 g/mol. The number of aromatic nitrogens is 2. The van der Waals surface area contributed by atoms with Crippen molar-refractivity contribution in [2.24, 2.45) is 0 Å². The van der Waals surface area contributed by atoms with Gasteiger partial charge in [0.1, 0.15) is 12.1 Å². The normalized spacial score (nSPS) is 15.9. The molecule has 0 amide bonds. The summed E-state index contributed by atoms with van der Waals surface area (Å²) in [6, 6.07) is 0. The van der Waals surface area contributed by atoms with E-state index in [1.807, 2.05) is 12.2 Å². The average molecular weight is 295 g/mol. The van der Waals surface area contributed by atoms with Crippen molar-refractivity contribution < 1.29 is 18.9 Å². The van der Waals surface area contributed by atoms with Crippen molar-refractivity contribution in [3.8, 4) is 0 Å². The maximum atomic E-state index is 5.86. The molecule has 2 N–H and O–H groups in total. The maximum Gasteiger partial charge on any atom is 0.193 e. The van der Waals surface area contributed by atoms with Gasteiger partial charge in [0.25, 0.3) is 0 Å². The van der Waals surface area contributed by atoms with Crippen molar-refractivity contribution in [1.29, 1.82) is 0 Å². The third-order valence-electron chi connectivity index (χ3n) is 3.16. The predicted molar refractivity (Wildman–Crippen MR) is 77.6 cm³/mol. The predicted octanol–water partition coefficient (Wildman–Crippen LogP) is -0.954. The number of ether oxygens (including phenoxy) is 4. The van der Waals surface area contributed by atoms with Crippen molar-refractivity contribution in [2.75, 3.05) is 46.4 Å². The molecule has 1 aromatic rings. The molecule has 0 unspecified atom stereocenters. The molecule has 0 aliphatic heterocycles. The molecular weight excluding hydrogens is 274 g/mol. The van der Waals surface area contributed by atoms with Gasteiger partial charge >= 0.3 is 0 Å². The van der Waals surface area contributed by atoms with E-state index in [1.54, 1.807) is 14.2 Å². The summed E-state index contributed by atoms with van der Waals surface area (Å²) in [6.45, 7) is 1.82. The molecule has 0 bridgehead atoms. The summed E-state index contributed by atoms with van der Waals surface area (Å²) in [6.07, 6.45) is 5.74. The molecule has 0 saturated carbocycles. The zero-order valence-electron chi connectivity index (χ0n) is 12.4. The molecular formula is C14H21N3O4. The molecule has 1 aliphatic carbocycles. The molecule has 21 heavy (non-hydrogen) atoms. The van der Waals surface area contributed by atoms with Crippen molar-refractivity contribution in [1.82, 2.24) is 9.97 Å². The highest BCUT2D eigenvalue weighted by atomic mass is 16.7. The molecule has 2 rings (SSSR count). The Morgan fingerprint density at radius 2 is 1.76 bits per heavy atom. The van der Waals surface area contributed by atoms with E-state index in [0.29, 0.717) is 44.0 Å². The second-order valence-electron chi connectivity index (χ2n) is 4.60. The van der Waals surface area contributed by atoms with Crippen LogP contribution in [0.4, 0.5) is 5.82 Å². The highest BCUT2D eigenvalue weighted by Gasteiger charge is 2.30. The minimum atomic E-state index is -0.870. The number of fused-ring (bicyclic) bond motifs is 1. The van der Waals surface area contributed by atoms with Crippen LogP contribution in [0, 0.1) is 0 Å². The lowest BCUT2D eigenvalue weighted by Gasteiger charge is -2.31. The quantitative estimate of drug-likeness (QED) is 0.488. The first-order valence-electron chi connectivity index (χ1n) is 6.76. The molecule has 7 nitrogen and oxygen atoms in total. The third kappa shape index (κ3) is 3.98. The lowest BCUT2D eigenvalue weighted by Crippen LogP contribution is -2.45. The van der Waals surface area contributed by atoms with E-state index in [-0.39, 0.29) is 0 Å². The van der Waals surface area contributed by atoms with Crippen LogP contribution >= 0.6 is 0 Å². The summed E-state index contributed by atoms with van der Waals surface area (Å²) in [5.74, 6) is -0.413. The van der Waals surface area contributed by atoms with Gasteiger partial charge < -0.3 is 24.7 Å². The maximum absolute atomic E-state index is 5.86. The van der Waals surface area contributed by atoms with Crippen molar-refractivity contribution in [3.05, 3.63) is 16.9 Å². The number of hydrogen-bond donors (Lipinski definition) is 1. The van der Waals surface area contributed by atoms with E-state index in [1.165, 1.54) is 6.33 Å². The van der Waals surface area contributed by atoms with Crippen LogP contribution in [-0.2, 0) is 18.9 Å². The van der Waals surface area contributed by atoms with Gasteiger partial charge in [0.05, 0.1) is 31.8 Å². The average Bonchev–Trinajstić information content (AvgIpc) is 2.48. The standard InChI is InChI=1S/C14H21N3O4/c1-18-5-7-20-14(21-8-6-19-2)4-3-11-12(9-14)16-10-17-13(11)15/h3,9-10H,4-8H2,1-2H3,(H2,15,16,17). The summed E-state index contributed by atoms with van der Waals surface area (Å²) >= 11 is 0. The van der Waals surface area contributed by atoms with Crippen LogP contribution in [0.2, 0.25) is 0 Å². The first-order chi connectivity index (χ1) is 10.2. The minimum absolute atomic E-state index is 0.420. The summed E-state index contributed by atoms with van der Waals surface area (Å²) < 4.78 is 21.8. The van der Waals surface area contributed by atoms with Gasteiger partial charge in [-0.05, 0) is 0 Å². The van der Waals surface area contributed by atoms with Crippen LogP contribution in [0.15, 0.2) is 6.33 Å². The Balaban J connectivity index is 2.24.